The molecule has 4 heteroatoms. The summed E-state index contributed by atoms with van der Waals surface area (Å²) in [6.45, 7) is 0. The molecular weight excluding hydrogens is 695 g/mol. The molecule has 3 aliphatic rings. The van der Waals surface area contributed by atoms with Crippen molar-refractivity contribution in [1.82, 2.24) is 15.0 Å². The Labute approximate surface area is 330 Å². The predicted octanol–water partition coefficient (Wildman–Crippen LogP) is 12.6. The van der Waals surface area contributed by atoms with Gasteiger partial charge in [-0.2, -0.15) is 0 Å². The van der Waals surface area contributed by atoms with Crippen LogP contribution in [0.15, 0.2) is 188 Å². The van der Waals surface area contributed by atoms with Crippen LogP contribution in [0.4, 0.5) is 0 Å². The van der Waals surface area contributed by atoms with Crippen molar-refractivity contribution in [3.63, 3.8) is 0 Å². The van der Waals surface area contributed by atoms with Crippen molar-refractivity contribution in [3.05, 3.63) is 221 Å². The van der Waals surface area contributed by atoms with E-state index in [2.05, 4.69) is 170 Å². The molecule has 2 aliphatic carbocycles. The Morgan fingerprint density at radius 2 is 0.877 bits per heavy atom. The highest BCUT2D eigenvalue weighted by Crippen LogP contribution is 2.62. The Hall–Kier alpha value is -7.43. The summed E-state index contributed by atoms with van der Waals surface area (Å²) in [5.41, 5.74) is 17.0. The van der Waals surface area contributed by atoms with Gasteiger partial charge in [-0.25, -0.2) is 15.0 Å². The van der Waals surface area contributed by atoms with Crippen LogP contribution in [0.2, 0.25) is 0 Å². The Kier molecular flexibility index (Phi) is 6.87. The van der Waals surface area contributed by atoms with E-state index in [4.69, 9.17) is 19.7 Å². The third kappa shape index (κ3) is 4.71. The molecule has 0 N–H and O–H groups in total. The van der Waals surface area contributed by atoms with Crippen LogP contribution in [-0.4, -0.2) is 15.0 Å². The third-order valence-corrected chi connectivity index (χ3v) is 12.0. The molecule has 2 heterocycles. The van der Waals surface area contributed by atoms with Crippen LogP contribution in [0.3, 0.4) is 0 Å². The van der Waals surface area contributed by atoms with Crippen molar-refractivity contribution < 1.29 is 4.74 Å². The first-order valence-electron chi connectivity index (χ1n) is 19.5. The number of aromatic nitrogens is 3. The highest BCUT2D eigenvalue weighted by molar-refractivity contribution is 5.90. The molecular formula is C53H33N3O. The van der Waals surface area contributed by atoms with Crippen molar-refractivity contribution in [3.8, 4) is 79.0 Å². The van der Waals surface area contributed by atoms with Gasteiger partial charge in [-0.1, -0.05) is 170 Å². The number of ether oxygens (including phenoxy) is 1. The van der Waals surface area contributed by atoms with Gasteiger partial charge in [0.25, 0.3) is 0 Å². The molecule has 0 unspecified atom stereocenters. The van der Waals surface area contributed by atoms with Crippen molar-refractivity contribution in [2.75, 3.05) is 0 Å². The maximum absolute atomic E-state index is 6.87. The molecule has 1 aromatic heterocycles. The average Bonchev–Trinajstić information content (AvgIpc) is 3.80. The first kappa shape index (κ1) is 31.9. The lowest BCUT2D eigenvalue weighted by atomic mass is 9.66. The van der Waals surface area contributed by atoms with Crippen LogP contribution in [-0.2, 0) is 11.8 Å². The minimum atomic E-state index is -0.514. The molecule has 0 atom stereocenters. The van der Waals surface area contributed by atoms with Crippen molar-refractivity contribution in [2.45, 2.75) is 11.8 Å². The Balaban J connectivity index is 1.02. The molecule has 0 amide bonds. The van der Waals surface area contributed by atoms with E-state index in [-0.39, 0.29) is 0 Å². The number of fused-ring (bicyclic) bond motifs is 12. The molecule has 8 aromatic carbocycles. The number of hydrogen-bond donors (Lipinski definition) is 0. The van der Waals surface area contributed by atoms with Crippen LogP contribution >= 0.6 is 0 Å². The van der Waals surface area contributed by atoms with E-state index < -0.39 is 5.41 Å². The summed E-state index contributed by atoms with van der Waals surface area (Å²) in [5, 5.41) is 0. The lowest BCUT2D eigenvalue weighted by Gasteiger charge is -2.39. The number of rotatable bonds is 4. The second-order valence-electron chi connectivity index (χ2n) is 15.1. The fourth-order valence-corrected chi connectivity index (χ4v) is 9.58. The average molecular weight is 728 g/mol. The van der Waals surface area contributed by atoms with Crippen LogP contribution in [0.1, 0.15) is 33.4 Å². The summed E-state index contributed by atoms with van der Waals surface area (Å²) in [7, 11) is 0. The number of hydrogen-bond acceptors (Lipinski definition) is 4. The van der Waals surface area contributed by atoms with Crippen LogP contribution in [0.25, 0.3) is 67.5 Å². The summed E-state index contributed by atoms with van der Waals surface area (Å²) >= 11 is 0. The standard InChI is InChI=1S/C53H33N3O/c1-2-14-33(15-3-1)50-54-51(36-26-28-40-37(31-36)30-34-16-4-5-17-38(34)40)56-52(55-50)43-21-7-6-18-39(43)35-27-29-47-49(32-35)57-48-25-13-12-24-46(48)53(47)44-22-10-8-19-41(44)42-20-9-11-23-45(42)53/h1-29,31-32H,30H2. The minimum absolute atomic E-state index is 0.514. The molecule has 0 saturated heterocycles. The molecule has 266 valence electrons. The Morgan fingerprint density at radius 3 is 1.65 bits per heavy atom. The van der Waals surface area contributed by atoms with E-state index in [0.29, 0.717) is 17.5 Å². The molecule has 0 saturated carbocycles. The lowest BCUT2D eigenvalue weighted by Crippen LogP contribution is -2.32. The molecule has 12 rings (SSSR count). The van der Waals surface area contributed by atoms with Crippen molar-refractivity contribution in [2.24, 2.45) is 0 Å². The van der Waals surface area contributed by atoms with Gasteiger partial charge in [0.1, 0.15) is 11.5 Å². The second-order valence-corrected chi connectivity index (χ2v) is 15.1. The van der Waals surface area contributed by atoms with E-state index in [1.807, 2.05) is 18.2 Å². The summed E-state index contributed by atoms with van der Waals surface area (Å²) < 4.78 is 6.87. The molecule has 1 aliphatic heterocycles. The highest BCUT2D eigenvalue weighted by Gasteiger charge is 2.50. The second kappa shape index (κ2) is 12.3. The van der Waals surface area contributed by atoms with Gasteiger partial charge in [0, 0.05) is 27.8 Å². The largest absolute Gasteiger partial charge is 0.457 e. The normalized spacial score (nSPS) is 13.5. The van der Waals surface area contributed by atoms with Gasteiger partial charge in [-0.3, -0.25) is 0 Å². The SMILES string of the molecule is c1ccc(-c2nc(-c3ccc4c(c3)Cc3ccccc3-4)nc(-c3ccccc3-c3ccc4c(c3)Oc3ccccc3C43c4ccccc4-c4ccccc43)n2)cc1. The monoisotopic (exact) mass is 727 g/mol. The van der Waals surface area contributed by atoms with E-state index >= 15 is 0 Å². The molecule has 57 heavy (non-hydrogen) atoms. The fraction of sp³-hybridized carbons (Fsp3) is 0.0377. The zero-order valence-electron chi connectivity index (χ0n) is 30.9. The first-order valence-corrected chi connectivity index (χ1v) is 19.5. The topological polar surface area (TPSA) is 47.9 Å². The molecule has 4 nitrogen and oxygen atoms in total. The minimum Gasteiger partial charge on any atom is -0.457 e. The highest BCUT2D eigenvalue weighted by atomic mass is 16.5. The Morgan fingerprint density at radius 1 is 0.333 bits per heavy atom. The van der Waals surface area contributed by atoms with E-state index in [1.54, 1.807) is 0 Å². The van der Waals surface area contributed by atoms with E-state index in [9.17, 15) is 0 Å². The molecule has 0 fully saturated rings. The number of benzene rings is 8. The first-order chi connectivity index (χ1) is 28.2. The third-order valence-electron chi connectivity index (χ3n) is 12.0. The molecule has 0 radical (unpaired) electrons. The van der Waals surface area contributed by atoms with Gasteiger partial charge in [0.05, 0.1) is 5.41 Å². The quantitative estimate of drug-likeness (QED) is 0.181. The summed E-state index contributed by atoms with van der Waals surface area (Å²) in [6, 6.07) is 66.7. The van der Waals surface area contributed by atoms with Crippen molar-refractivity contribution in [1.29, 1.82) is 0 Å². The smallest absolute Gasteiger partial charge is 0.164 e. The number of para-hydroxylation sites is 1. The maximum Gasteiger partial charge on any atom is 0.164 e. The van der Waals surface area contributed by atoms with E-state index in [1.165, 1.54) is 44.5 Å². The molecule has 9 aromatic rings. The van der Waals surface area contributed by atoms with Gasteiger partial charge >= 0.3 is 0 Å². The summed E-state index contributed by atoms with van der Waals surface area (Å²) in [5.74, 6) is 3.62. The Bertz CT molecular complexity index is 3050. The van der Waals surface area contributed by atoms with Crippen LogP contribution < -0.4 is 4.74 Å². The lowest BCUT2D eigenvalue weighted by molar-refractivity contribution is 0.436. The van der Waals surface area contributed by atoms with Crippen LogP contribution in [0, 0.1) is 0 Å². The zero-order chi connectivity index (χ0) is 37.5. The van der Waals surface area contributed by atoms with Crippen molar-refractivity contribution >= 4 is 0 Å². The molecule has 1 spiro atoms. The molecule has 0 bridgehead atoms. The number of nitrogens with zero attached hydrogens (tertiary/aromatic N) is 3. The summed E-state index contributed by atoms with van der Waals surface area (Å²) in [4.78, 5) is 15.5. The van der Waals surface area contributed by atoms with Gasteiger partial charge < -0.3 is 4.74 Å². The van der Waals surface area contributed by atoms with Gasteiger partial charge in [0.2, 0.25) is 0 Å². The zero-order valence-corrected chi connectivity index (χ0v) is 30.9. The van der Waals surface area contributed by atoms with Gasteiger partial charge in [-0.05, 0) is 80.3 Å². The van der Waals surface area contributed by atoms with E-state index in [0.717, 1.165) is 56.9 Å². The fourth-order valence-electron chi connectivity index (χ4n) is 9.58. The van der Waals surface area contributed by atoms with Gasteiger partial charge in [0.15, 0.2) is 17.5 Å². The van der Waals surface area contributed by atoms with Crippen LogP contribution in [0.5, 0.6) is 11.5 Å². The van der Waals surface area contributed by atoms with Gasteiger partial charge in [-0.15, -0.1) is 0 Å². The summed E-state index contributed by atoms with van der Waals surface area (Å²) in [6.07, 6.45) is 0.898. The maximum atomic E-state index is 6.87. The predicted molar refractivity (Wildman–Crippen MR) is 227 cm³/mol.